The lowest BCUT2D eigenvalue weighted by Crippen LogP contribution is -2.26. The van der Waals surface area contributed by atoms with Gasteiger partial charge in [0, 0.05) is 17.4 Å². The second-order valence-electron chi connectivity index (χ2n) is 6.77. The van der Waals surface area contributed by atoms with Crippen molar-refractivity contribution in [2.45, 2.75) is 46.3 Å². The number of thioether (sulfide) groups is 1. The van der Waals surface area contributed by atoms with Gasteiger partial charge in [-0.05, 0) is 19.4 Å². The van der Waals surface area contributed by atoms with Crippen LogP contribution >= 0.6 is 23.1 Å². The molecule has 24 heavy (non-hydrogen) atoms. The molecule has 0 aliphatic carbocycles. The Balaban J connectivity index is 2.47. The Kier molecular flexibility index (Phi) is 5.88. The summed E-state index contributed by atoms with van der Waals surface area (Å²) in [5.74, 6) is 0.441. The number of thiophene rings is 1. The number of aromatic nitrogens is 2. The largest absolute Gasteiger partial charge is 0.383 e. The highest BCUT2D eigenvalue weighted by Gasteiger charge is 2.23. The fourth-order valence-electron chi connectivity index (χ4n) is 2.15. The predicted octanol–water partition coefficient (Wildman–Crippen LogP) is 3.43. The van der Waals surface area contributed by atoms with Gasteiger partial charge in [0.05, 0.1) is 24.3 Å². The molecule has 2 aromatic rings. The van der Waals surface area contributed by atoms with Crippen molar-refractivity contribution < 1.29 is 9.53 Å². The lowest BCUT2D eigenvalue weighted by atomic mass is 9.92. The molecule has 2 heterocycles. The van der Waals surface area contributed by atoms with Crippen LogP contribution < -0.4 is 5.56 Å². The zero-order valence-corrected chi connectivity index (χ0v) is 16.7. The highest BCUT2D eigenvalue weighted by atomic mass is 32.2. The van der Waals surface area contributed by atoms with E-state index in [1.54, 1.807) is 11.7 Å². The Bertz CT molecular complexity index is 816. The van der Waals surface area contributed by atoms with Gasteiger partial charge in [-0.1, -0.05) is 32.5 Å². The maximum absolute atomic E-state index is 12.9. The molecular weight excluding hydrogens is 344 g/mol. The first-order valence-electron chi connectivity index (χ1n) is 7.82. The van der Waals surface area contributed by atoms with Crippen molar-refractivity contribution in [3.63, 3.8) is 0 Å². The van der Waals surface area contributed by atoms with Gasteiger partial charge in [-0.3, -0.25) is 14.2 Å². The molecule has 0 saturated heterocycles. The topological polar surface area (TPSA) is 61.2 Å². The van der Waals surface area contributed by atoms with Crippen LogP contribution in [0.25, 0.3) is 10.2 Å². The molecule has 0 aliphatic heterocycles. The van der Waals surface area contributed by atoms with E-state index >= 15 is 0 Å². The van der Waals surface area contributed by atoms with Gasteiger partial charge < -0.3 is 4.74 Å². The molecule has 5 nitrogen and oxygen atoms in total. The van der Waals surface area contributed by atoms with Gasteiger partial charge in [0.2, 0.25) is 0 Å². The molecule has 0 atom stereocenters. The fraction of sp³-hybridized carbons (Fsp3) is 0.588. The molecule has 0 aliphatic rings. The third-order valence-electron chi connectivity index (χ3n) is 3.94. The molecule has 0 radical (unpaired) electrons. The van der Waals surface area contributed by atoms with E-state index in [-0.39, 0.29) is 11.3 Å². The van der Waals surface area contributed by atoms with Gasteiger partial charge in [0.15, 0.2) is 5.16 Å². The van der Waals surface area contributed by atoms with Crippen molar-refractivity contribution in [3.05, 3.63) is 20.8 Å². The Morgan fingerprint density at radius 1 is 1.33 bits per heavy atom. The van der Waals surface area contributed by atoms with Crippen LogP contribution in [0.3, 0.4) is 0 Å². The van der Waals surface area contributed by atoms with Gasteiger partial charge in [-0.15, -0.1) is 11.3 Å². The number of ether oxygens (including phenoxy) is 1. The Labute approximate surface area is 150 Å². The number of nitrogens with zero attached hydrogens (tertiary/aromatic N) is 2. The summed E-state index contributed by atoms with van der Waals surface area (Å²) in [4.78, 5) is 31.6. The van der Waals surface area contributed by atoms with Gasteiger partial charge in [0.1, 0.15) is 10.6 Å². The molecule has 0 bridgehead atoms. The lowest BCUT2D eigenvalue weighted by Gasteiger charge is -2.17. The van der Waals surface area contributed by atoms with Gasteiger partial charge in [0.25, 0.3) is 5.56 Å². The summed E-state index contributed by atoms with van der Waals surface area (Å²) in [5.41, 5.74) is 0.538. The second-order valence-corrected chi connectivity index (χ2v) is 8.91. The number of methoxy groups -OCH3 is 1. The van der Waals surface area contributed by atoms with Crippen molar-refractivity contribution in [1.82, 2.24) is 9.55 Å². The van der Waals surface area contributed by atoms with Crippen LogP contribution in [0.2, 0.25) is 0 Å². The number of rotatable bonds is 6. The maximum atomic E-state index is 12.9. The van der Waals surface area contributed by atoms with Crippen molar-refractivity contribution in [2.75, 3.05) is 19.5 Å². The van der Waals surface area contributed by atoms with E-state index < -0.39 is 5.41 Å². The van der Waals surface area contributed by atoms with E-state index in [4.69, 9.17) is 4.74 Å². The number of ketones is 1. The van der Waals surface area contributed by atoms with Crippen molar-refractivity contribution in [1.29, 1.82) is 0 Å². The highest BCUT2D eigenvalue weighted by molar-refractivity contribution is 7.99. The van der Waals surface area contributed by atoms with E-state index in [0.29, 0.717) is 29.4 Å². The second kappa shape index (κ2) is 7.37. The third-order valence-corrected chi connectivity index (χ3v) is 6.02. The number of fused-ring (bicyclic) bond motifs is 1. The Morgan fingerprint density at radius 2 is 2.00 bits per heavy atom. The molecular formula is C17H24N2O3S2. The minimum absolute atomic E-state index is 0.0513. The molecule has 2 rings (SSSR count). The molecule has 0 amide bonds. The molecule has 0 N–H and O–H groups in total. The first-order chi connectivity index (χ1) is 11.2. The molecule has 2 aromatic heterocycles. The maximum Gasteiger partial charge on any atom is 0.263 e. The monoisotopic (exact) mass is 368 g/mol. The summed E-state index contributed by atoms with van der Waals surface area (Å²) in [7, 11) is 1.60. The quantitative estimate of drug-likeness (QED) is 0.577. The molecule has 7 heteroatoms. The average molecular weight is 369 g/mol. The van der Waals surface area contributed by atoms with Crippen molar-refractivity contribution >= 4 is 39.1 Å². The number of hydrogen-bond donors (Lipinski definition) is 0. The minimum Gasteiger partial charge on any atom is -0.383 e. The van der Waals surface area contributed by atoms with Crippen molar-refractivity contribution in [3.8, 4) is 0 Å². The first-order valence-corrected chi connectivity index (χ1v) is 9.62. The first kappa shape index (κ1) is 19.1. The molecule has 0 aromatic carbocycles. The molecule has 0 unspecified atom stereocenters. The highest BCUT2D eigenvalue weighted by Crippen LogP contribution is 2.29. The van der Waals surface area contributed by atoms with Crippen LogP contribution in [0.1, 0.15) is 31.2 Å². The van der Waals surface area contributed by atoms with E-state index in [0.717, 1.165) is 15.3 Å². The van der Waals surface area contributed by atoms with Gasteiger partial charge in [-0.2, -0.15) is 0 Å². The summed E-state index contributed by atoms with van der Waals surface area (Å²) >= 11 is 2.86. The lowest BCUT2D eigenvalue weighted by molar-refractivity contribution is -0.123. The van der Waals surface area contributed by atoms with Gasteiger partial charge >= 0.3 is 0 Å². The van der Waals surface area contributed by atoms with Gasteiger partial charge in [-0.25, -0.2) is 4.98 Å². The van der Waals surface area contributed by atoms with Crippen LogP contribution in [0.4, 0.5) is 0 Å². The van der Waals surface area contributed by atoms with E-state index in [1.807, 2.05) is 34.6 Å². The summed E-state index contributed by atoms with van der Waals surface area (Å²) in [5, 5.41) is 1.27. The normalized spacial score (nSPS) is 12.1. The van der Waals surface area contributed by atoms with Crippen LogP contribution in [-0.4, -0.2) is 34.8 Å². The summed E-state index contributed by atoms with van der Waals surface area (Å²) in [6.45, 7) is 10.5. The number of carbonyl (C=O) groups is 1. The Hall–Kier alpha value is -1.18. The predicted molar refractivity (Wildman–Crippen MR) is 100 cm³/mol. The standard InChI is InChI=1S/C17H24N2O3S2/c1-10-11(2)24-14-13(10)15(21)19(7-8-22-6)16(18-14)23-9-12(20)17(3,4)5/h7-9H2,1-6H3. The number of hydrogen-bond acceptors (Lipinski definition) is 6. The molecule has 0 fully saturated rings. The average Bonchev–Trinajstić information content (AvgIpc) is 2.78. The number of Topliss-reactive ketones (excluding diaryl/α,β-unsaturated/α-hetero) is 1. The third kappa shape index (κ3) is 3.90. The van der Waals surface area contributed by atoms with E-state index in [2.05, 4.69) is 4.98 Å². The SMILES string of the molecule is COCCn1c(SCC(=O)C(C)(C)C)nc2sc(C)c(C)c2c1=O. The number of carbonyl (C=O) groups excluding carboxylic acids is 1. The Morgan fingerprint density at radius 3 is 2.58 bits per heavy atom. The van der Waals surface area contributed by atoms with E-state index in [1.165, 1.54) is 23.1 Å². The number of aryl methyl sites for hydroxylation is 2. The van der Waals surface area contributed by atoms with Crippen LogP contribution in [0, 0.1) is 19.3 Å². The molecule has 0 spiro atoms. The summed E-state index contributed by atoms with van der Waals surface area (Å²) < 4.78 is 6.75. The smallest absolute Gasteiger partial charge is 0.263 e. The minimum atomic E-state index is -0.398. The fourth-order valence-corrected chi connectivity index (χ4v) is 4.40. The van der Waals surface area contributed by atoms with Crippen molar-refractivity contribution in [2.24, 2.45) is 5.41 Å². The summed E-state index contributed by atoms with van der Waals surface area (Å²) in [6, 6.07) is 0. The van der Waals surface area contributed by atoms with Crippen LogP contribution in [0.15, 0.2) is 9.95 Å². The molecule has 132 valence electrons. The van der Waals surface area contributed by atoms with E-state index in [9.17, 15) is 9.59 Å². The summed E-state index contributed by atoms with van der Waals surface area (Å²) in [6.07, 6.45) is 0. The van der Waals surface area contributed by atoms with Crippen LogP contribution in [-0.2, 0) is 16.1 Å². The molecule has 0 saturated carbocycles. The zero-order chi connectivity index (χ0) is 18.1. The van der Waals surface area contributed by atoms with Crippen LogP contribution in [0.5, 0.6) is 0 Å². The zero-order valence-electron chi connectivity index (χ0n) is 15.1.